The normalized spacial score (nSPS) is 22.4. The molecule has 0 saturated carbocycles. The van der Waals surface area contributed by atoms with Gasteiger partial charge in [0, 0.05) is 30.8 Å². The minimum Gasteiger partial charge on any atom is -0.480 e. The summed E-state index contributed by atoms with van der Waals surface area (Å²) in [5, 5.41) is 19.4. The Morgan fingerprint density at radius 2 is 2.25 bits per heavy atom. The van der Waals surface area contributed by atoms with Crippen LogP contribution >= 0.6 is 0 Å². The summed E-state index contributed by atoms with van der Waals surface area (Å²) in [7, 11) is 1.60. The molecule has 2 aromatic rings. The molecule has 2 heterocycles. The molecule has 0 spiro atoms. The number of methoxy groups -OCH3 is 1. The quantitative estimate of drug-likeness (QED) is 0.908. The van der Waals surface area contributed by atoms with Gasteiger partial charge in [0.05, 0.1) is 12.3 Å². The Hall–Kier alpha value is -2.21. The van der Waals surface area contributed by atoms with Crippen LogP contribution in [0.15, 0.2) is 30.5 Å². The lowest BCUT2D eigenvalue weighted by atomic mass is 10.1. The lowest BCUT2D eigenvalue weighted by molar-refractivity contribution is -0.138. The average molecular weight is 273 g/mol. The highest BCUT2D eigenvalue weighted by Crippen LogP contribution is 2.30. The molecule has 2 unspecified atom stereocenters. The maximum Gasteiger partial charge on any atom is 0.326 e. The largest absolute Gasteiger partial charge is 0.480 e. The summed E-state index contributed by atoms with van der Waals surface area (Å²) in [6, 6.07) is 7.07. The van der Waals surface area contributed by atoms with Gasteiger partial charge in [-0.15, -0.1) is 5.10 Å². The number of nitrogens with zero attached hydrogens (tertiary/aromatic N) is 3. The number of ether oxygens (including phenoxy) is 1. The zero-order chi connectivity index (χ0) is 14.1. The Balaban J connectivity index is 2.07. The van der Waals surface area contributed by atoms with E-state index in [1.54, 1.807) is 18.2 Å². The van der Waals surface area contributed by atoms with E-state index in [0.717, 1.165) is 10.8 Å². The van der Waals surface area contributed by atoms with Gasteiger partial charge in [-0.2, -0.15) is 5.10 Å². The number of benzene rings is 1. The number of aromatic nitrogens is 2. The summed E-state index contributed by atoms with van der Waals surface area (Å²) in [5.74, 6) is -0.255. The second-order valence-corrected chi connectivity index (χ2v) is 4.86. The predicted molar refractivity (Wildman–Crippen MR) is 73.7 cm³/mol. The first-order chi connectivity index (χ1) is 9.70. The topological polar surface area (TPSA) is 75.6 Å². The van der Waals surface area contributed by atoms with Crippen molar-refractivity contribution in [2.24, 2.45) is 0 Å². The molecule has 0 amide bonds. The standard InChI is InChI=1S/C14H15N3O3/c1-20-10-6-12(14(18)19)17(8-10)13-11-5-3-2-4-9(11)7-15-16-13/h2-5,7,10,12H,6,8H2,1H3,(H,18,19). The maximum atomic E-state index is 11.4. The third-order valence-electron chi connectivity index (χ3n) is 3.70. The summed E-state index contributed by atoms with van der Waals surface area (Å²) in [5.41, 5.74) is 0. The Morgan fingerprint density at radius 1 is 1.45 bits per heavy atom. The summed E-state index contributed by atoms with van der Waals surface area (Å²) in [6.07, 6.45) is 2.03. The molecular formula is C14H15N3O3. The molecule has 2 atom stereocenters. The number of hydrogen-bond donors (Lipinski definition) is 1. The van der Waals surface area contributed by atoms with Crippen molar-refractivity contribution in [3.05, 3.63) is 30.5 Å². The molecule has 0 radical (unpaired) electrons. The molecule has 6 nitrogen and oxygen atoms in total. The van der Waals surface area contributed by atoms with Gasteiger partial charge in [0.1, 0.15) is 6.04 Å². The fourth-order valence-electron chi connectivity index (χ4n) is 2.66. The van der Waals surface area contributed by atoms with Gasteiger partial charge >= 0.3 is 5.97 Å². The molecule has 20 heavy (non-hydrogen) atoms. The molecular weight excluding hydrogens is 258 g/mol. The van der Waals surface area contributed by atoms with Gasteiger partial charge in [-0.1, -0.05) is 24.3 Å². The fourth-order valence-corrected chi connectivity index (χ4v) is 2.66. The van der Waals surface area contributed by atoms with Crippen molar-refractivity contribution < 1.29 is 14.6 Å². The highest BCUT2D eigenvalue weighted by atomic mass is 16.5. The summed E-state index contributed by atoms with van der Waals surface area (Å²) in [6.45, 7) is 0.510. The number of aliphatic carboxylic acids is 1. The SMILES string of the molecule is COC1CC(C(=O)O)N(c2nncc3ccccc23)C1. The van der Waals surface area contributed by atoms with Crippen molar-refractivity contribution >= 4 is 22.6 Å². The molecule has 3 rings (SSSR count). The number of hydrogen-bond acceptors (Lipinski definition) is 5. The van der Waals surface area contributed by atoms with Gasteiger partial charge in [-0.05, 0) is 0 Å². The van der Waals surface area contributed by atoms with E-state index in [1.807, 2.05) is 24.3 Å². The molecule has 1 saturated heterocycles. The number of carboxylic acids is 1. The molecule has 1 aliphatic rings. The summed E-state index contributed by atoms with van der Waals surface area (Å²) >= 11 is 0. The number of anilines is 1. The molecule has 1 fully saturated rings. The second kappa shape index (κ2) is 5.05. The van der Waals surface area contributed by atoms with Gasteiger partial charge in [0.15, 0.2) is 5.82 Å². The van der Waals surface area contributed by atoms with E-state index < -0.39 is 12.0 Å². The predicted octanol–water partition coefficient (Wildman–Crippen LogP) is 1.31. The summed E-state index contributed by atoms with van der Waals surface area (Å²) in [4.78, 5) is 13.2. The van der Waals surface area contributed by atoms with E-state index in [0.29, 0.717) is 18.8 Å². The Labute approximate surface area is 116 Å². The fraction of sp³-hybridized carbons (Fsp3) is 0.357. The monoisotopic (exact) mass is 273 g/mol. The summed E-state index contributed by atoms with van der Waals surface area (Å²) < 4.78 is 5.30. The van der Waals surface area contributed by atoms with Crippen LogP contribution < -0.4 is 4.90 Å². The van der Waals surface area contributed by atoms with E-state index in [9.17, 15) is 9.90 Å². The van der Waals surface area contributed by atoms with Crippen LogP contribution in [0.25, 0.3) is 10.8 Å². The third-order valence-corrected chi connectivity index (χ3v) is 3.70. The van der Waals surface area contributed by atoms with E-state index >= 15 is 0 Å². The van der Waals surface area contributed by atoms with Crippen LogP contribution in [0.4, 0.5) is 5.82 Å². The first-order valence-corrected chi connectivity index (χ1v) is 6.43. The lowest BCUT2D eigenvalue weighted by Crippen LogP contribution is -2.36. The minimum atomic E-state index is -0.862. The molecule has 0 aliphatic carbocycles. The zero-order valence-corrected chi connectivity index (χ0v) is 11.1. The molecule has 1 aromatic heterocycles. The maximum absolute atomic E-state index is 11.4. The van der Waals surface area contributed by atoms with Crippen LogP contribution in [-0.4, -0.2) is 47.1 Å². The second-order valence-electron chi connectivity index (χ2n) is 4.86. The molecule has 1 N–H and O–H groups in total. The van der Waals surface area contributed by atoms with Gasteiger partial charge < -0.3 is 14.7 Å². The van der Waals surface area contributed by atoms with Crippen molar-refractivity contribution in [1.29, 1.82) is 0 Å². The Morgan fingerprint density at radius 3 is 3.00 bits per heavy atom. The van der Waals surface area contributed by atoms with Crippen molar-refractivity contribution in [1.82, 2.24) is 10.2 Å². The van der Waals surface area contributed by atoms with Crippen LogP contribution in [0.2, 0.25) is 0 Å². The molecule has 0 bridgehead atoms. The van der Waals surface area contributed by atoms with E-state index in [2.05, 4.69) is 10.2 Å². The number of carbonyl (C=O) groups is 1. The van der Waals surface area contributed by atoms with E-state index in [-0.39, 0.29) is 6.10 Å². The van der Waals surface area contributed by atoms with Gasteiger partial charge in [-0.3, -0.25) is 0 Å². The average Bonchev–Trinajstić information content (AvgIpc) is 2.91. The highest BCUT2D eigenvalue weighted by molar-refractivity contribution is 5.93. The van der Waals surface area contributed by atoms with E-state index in [1.165, 1.54) is 0 Å². The van der Waals surface area contributed by atoms with Gasteiger partial charge in [0.2, 0.25) is 0 Å². The smallest absolute Gasteiger partial charge is 0.326 e. The van der Waals surface area contributed by atoms with Crippen molar-refractivity contribution in [2.75, 3.05) is 18.6 Å². The zero-order valence-electron chi connectivity index (χ0n) is 11.1. The Kier molecular flexibility index (Phi) is 3.23. The van der Waals surface area contributed by atoms with Crippen molar-refractivity contribution in [3.63, 3.8) is 0 Å². The van der Waals surface area contributed by atoms with Crippen LogP contribution in [0.5, 0.6) is 0 Å². The number of fused-ring (bicyclic) bond motifs is 1. The minimum absolute atomic E-state index is 0.100. The molecule has 1 aliphatic heterocycles. The highest BCUT2D eigenvalue weighted by Gasteiger charge is 2.38. The van der Waals surface area contributed by atoms with Crippen LogP contribution in [0.1, 0.15) is 6.42 Å². The number of carboxylic acid groups (broad SMARTS) is 1. The first-order valence-electron chi connectivity index (χ1n) is 6.43. The first kappa shape index (κ1) is 12.8. The lowest BCUT2D eigenvalue weighted by Gasteiger charge is -2.22. The Bertz CT molecular complexity index is 641. The molecule has 6 heteroatoms. The van der Waals surface area contributed by atoms with Gasteiger partial charge in [-0.25, -0.2) is 4.79 Å². The third kappa shape index (κ3) is 2.08. The van der Waals surface area contributed by atoms with Crippen LogP contribution in [0.3, 0.4) is 0 Å². The molecule has 104 valence electrons. The number of rotatable bonds is 3. The van der Waals surface area contributed by atoms with Crippen molar-refractivity contribution in [3.8, 4) is 0 Å². The van der Waals surface area contributed by atoms with Crippen molar-refractivity contribution in [2.45, 2.75) is 18.6 Å². The molecule has 1 aromatic carbocycles. The van der Waals surface area contributed by atoms with Gasteiger partial charge in [0.25, 0.3) is 0 Å². The van der Waals surface area contributed by atoms with Crippen LogP contribution in [-0.2, 0) is 9.53 Å². The van der Waals surface area contributed by atoms with Crippen LogP contribution in [0, 0.1) is 0 Å². The van der Waals surface area contributed by atoms with E-state index in [4.69, 9.17) is 4.74 Å².